The third-order valence-corrected chi connectivity index (χ3v) is 4.66. The van der Waals surface area contributed by atoms with Gasteiger partial charge in [-0.1, -0.05) is 36.4 Å². The number of pyridine rings is 2. The second kappa shape index (κ2) is 7.54. The first kappa shape index (κ1) is 18.3. The van der Waals surface area contributed by atoms with Gasteiger partial charge in [0.05, 0.1) is 16.2 Å². The lowest BCUT2D eigenvalue weighted by Crippen LogP contribution is -2.07. The number of benzene rings is 1. The molecule has 140 valence electrons. The van der Waals surface area contributed by atoms with Crippen molar-refractivity contribution in [2.45, 2.75) is 0 Å². The van der Waals surface area contributed by atoms with E-state index in [1.54, 1.807) is 18.5 Å². The zero-order chi connectivity index (χ0) is 20.4. The molecular weight excluding hydrogens is 386 g/mol. The molecule has 0 radical (unpaired) electrons. The number of para-hydroxylation sites is 1. The minimum Gasteiger partial charge on any atom is -0.382 e. The average molecular weight is 400 g/mol. The van der Waals surface area contributed by atoms with Gasteiger partial charge in [-0.25, -0.2) is 9.97 Å². The topological polar surface area (TPSA) is 113 Å². The van der Waals surface area contributed by atoms with Gasteiger partial charge in [0.1, 0.15) is 23.8 Å². The molecule has 3 N–H and O–H groups in total. The Balaban J connectivity index is 1.89. The van der Waals surface area contributed by atoms with Crippen LogP contribution >= 0.6 is 11.6 Å². The summed E-state index contributed by atoms with van der Waals surface area (Å²) in [5.74, 6) is 0.356. The number of nitrogen functional groups attached to an aromatic ring is 1. The number of fused-ring (bicyclic) bond motifs is 1. The van der Waals surface area contributed by atoms with Gasteiger partial charge in [0.25, 0.3) is 0 Å². The van der Waals surface area contributed by atoms with Crippen molar-refractivity contribution in [2.24, 2.45) is 0 Å². The number of halogens is 1. The first-order valence-electron chi connectivity index (χ1n) is 8.55. The highest BCUT2D eigenvalue weighted by molar-refractivity contribution is 6.35. The van der Waals surface area contributed by atoms with Gasteiger partial charge in [0.2, 0.25) is 0 Å². The van der Waals surface area contributed by atoms with Gasteiger partial charge in [-0.15, -0.1) is 0 Å². The van der Waals surface area contributed by atoms with Crippen LogP contribution in [0, 0.1) is 11.3 Å². The molecule has 0 aliphatic carbocycles. The van der Waals surface area contributed by atoms with Crippen LogP contribution in [0.25, 0.3) is 27.9 Å². The van der Waals surface area contributed by atoms with E-state index in [-0.39, 0.29) is 17.2 Å². The fourth-order valence-corrected chi connectivity index (χ4v) is 3.24. The molecule has 8 heteroatoms. The molecule has 1 aromatic carbocycles. The highest BCUT2D eigenvalue weighted by atomic mass is 35.5. The summed E-state index contributed by atoms with van der Waals surface area (Å²) in [4.78, 5) is 17.0. The number of nitrogens with one attached hydrogen (secondary N) is 1. The van der Waals surface area contributed by atoms with E-state index >= 15 is 0 Å². The predicted molar refractivity (Wildman–Crippen MR) is 114 cm³/mol. The highest BCUT2D eigenvalue weighted by Gasteiger charge is 2.17. The summed E-state index contributed by atoms with van der Waals surface area (Å²) in [5.41, 5.74) is 9.31. The van der Waals surface area contributed by atoms with Crippen molar-refractivity contribution < 1.29 is 0 Å². The Bertz CT molecular complexity index is 1280. The largest absolute Gasteiger partial charge is 0.382 e. The number of hydrogen-bond acceptors (Lipinski definition) is 7. The van der Waals surface area contributed by atoms with Crippen LogP contribution in [0.5, 0.6) is 0 Å². The number of aromatic nitrogens is 4. The van der Waals surface area contributed by atoms with E-state index in [0.717, 1.165) is 16.6 Å². The molecule has 0 unspecified atom stereocenters. The van der Waals surface area contributed by atoms with Crippen LogP contribution in [0.1, 0.15) is 11.1 Å². The maximum Gasteiger partial charge on any atom is 0.153 e. The van der Waals surface area contributed by atoms with Crippen molar-refractivity contribution in [3.63, 3.8) is 0 Å². The second-order valence-corrected chi connectivity index (χ2v) is 6.50. The van der Waals surface area contributed by atoms with Crippen LogP contribution in [0.4, 0.5) is 11.6 Å². The molecule has 0 spiro atoms. The molecule has 4 aromatic rings. The molecule has 29 heavy (non-hydrogen) atoms. The molecule has 0 aliphatic rings. The van der Waals surface area contributed by atoms with Gasteiger partial charge in [0.15, 0.2) is 5.82 Å². The van der Waals surface area contributed by atoms with Gasteiger partial charge in [0, 0.05) is 34.6 Å². The Labute approximate surface area is 171 Å². The number of nitriles is 1. The van der Waals surface area contributed by atoms with E-state index in [4.69, 9.17) is 17.3 Å². The van der Waals surface area contributed by atoms with Crippen LogP contribution in [0.2, 0.25) is 5.02 Å². The van der Waals surface area contributed by atoms with E-state index in [9.17, 15) is 5.26 Å². The number of hydrogen-bond donors (Lipinski definition) is 2. The minimum absolute atomic E-state index is 0.0890. The maximum absolute atomic E-state index is 9.37. The van der Waals surface area contributed by atoms with E-state index in [1.165, 1.54) is 6.33 Å². The third-order valence-electron chi connectivity index (χ3n) is 4.35. The maximum atomic E-state index is 9.37. The monoisotopic (exact) mass is 399 g/mol. The Morgan fingerprint density at radius 1 is 1.10 bits per heavy atom. The first-order valence-corrected chi connectivity index (χ1v) is 8.93. The van der Waals surface area contributed by atoms with Gasteiger partial charge >= 0.3 is 0 Å². The first-order chi connectivity index (χ1) is 14.1. The summed E-state index contributed by atoms with van der Waals surface area (Å²) >= 11 is 6.35. The van der Waals surface area contributed by atoms with E-state index in [0.29, 0.717) is 21.8 Å². The third kappa shape index (κ3) is 3.33. The molecule has 0 saturated carbocycles. The lowest BCUT2D eigenvalue weighted by atomic mass is 9.98. The van der Waals surface area contributed by atoms with Crippen LogP contribution < -0.4 is 11.1 Å². The Morgan fingerprint density at radius 3 is 2.72 bits per heavy atom. The lowest BCUT2D eigenvalue weighted by Gasteiger charge is -2.16. The summed E-state index contributed by atoms with van der Waals surface area (Å²) < 4.78 is 0. The Kier molecular flexibility index (Phi) is 4.77. The quantitative estimate of drug-likeness (QED) is 0.526. The number of rotatable bonds is 4. The summed E-state index contributed by atoms with van der Waals surface area (Å²) in [6, 6.07) is 13.2. The summed E-state index contributed by atoms with van der Waals surface area (Å²) in [6.45, 7) is 4.12. The van der Waals surface area contributed by atoms with E-state index < -0.39 is 0 Å². The zero-order valence-corrected chi connectivity index (χ0v) is 15.9. The molecule has 0 bridgehead atoms. The highest BCUT2D eigenvalue weighted by Crippen LogP contribution is 2.36. The molecule has 0 saturated heterocycles. The van der Waals surface area contributed by atoms with Gasteiger partial charge in [-0.2, -0.15) is 5.26 Å². The molecule has 0 fully saturated rings. The molecule has 0 atom stereocenters. The fourth-order valence-electron chi connectivity index (χ4n) is 3.02. The average Bonchev–Trinajstić information content (AvgIpc) is 2.74. The molecule has 0 aliphatic heterocycles. The van der Waals surface area contributed by atoms with E-state index in [2.05, 4.69) is 31.8 Å². The van der Waals surface area contributed by atoms with Crippen molar-refractivity contribution >= 4 is 39.8 Å². The van der Waals surface area contributed by atoms with Crippen LogP contribution in [-0.4, -0.2) is 19.9 Å². The van der Waals surface area contributed by atoms with Crippen molar-refractivity contribution in [1.29, 1.82) is 5.26 Å². The second-order valence-electron chi connectivity index (χ2n) is 6.10. The Morgan fingerprint density at radius 2 is 1.97 bits per heavy atom. The Hall–Kier alpha value is -4.02. The number of nitrogens with zero attached hydrogens (tertiary/aromatic N) is 5. The smallest absolute Gasteiger partial charge is 0.153 e. The standard InChI is InChI=1S/C21H14ClN7/c1-12(29-21-14(9-23)20(24)27-11-28-21)15-10-26-19-13(5-4-6-16(19)22)18(15)17-7-2-3-8-25-17/h2-8,10-11H,1H2,(H3,24,27,28,29). The SMILES string of the molecule is C=C(Nc1ncnc(N)c1C#N)c1cnc2c(Cl)cccc2c1-c1ccccn1. The molecule has 7 nitrogen and oxygen atoms in total. The number of nitrogens with two attached hydrogens (primary N) is 1. The lowest BCUT2D eigenvalue weighted by molar-refractivity contribution is 1.16. The zero-order valence-electron chi connectivity index (χ0n) is 15.1. The summed E-state index contributed by atoms with van der Waals surface area (Å²) in [5, 5.41) is 13.8. The van der Waals surface area contributed by atoms with Crippen molar-refractivity contribution in [3.05, 3.63) is 77.8 Å². The van der Waals surface area contributed by atoms with Crippen molar-refractivity contribution in [2.75, 3.05) is 11.1 Å². The van der Waals surface area contributed by atoms with Crippen molar-refractivity contribution in [3.8, 4) is 17.3 Å². The van der Waals surface area contributed by atoms with Crippen LogP contribution in [-0.2, 0) is 0 Å². The fraction of sp³-hybridized carbons (Fsp3) is 0. The molecule has 4 rings (SSSR count). The van der Waals surface area contributed by atoms with Crippen molar-refractivity contribution in [1.82, 2.24) is 19.9 Å². The summed E-state index contributed by atoms with van der Waals surface area (Å²) in [6.07, 6.45) is 4.67. The number of anilines is 2. The molecule has 3 heterocycles. The predicted octanol–water partition coefficient (Wildman–Crippen LogP) is 4.28. The van der Waals surface area contributed by atoms with Crippen LogP contribution in [0.15, 0.2) is 61.7 Å². The van der Waals surface area contributed by atoms with Gasteiger partial charge in [-0.05, 0) is 18.2 Å². The minimum atomic E-state index is 0.0890. The van der Waals surface area contributed by atoms with Gasteiger partial charge in [-0.3, -0.25) is 9.97 Å². The molecule has 0 amide bonds. The summed E-state index contributed by atoms with van der Waals surface area (Å²) in [7, 11) is 0. The van der Waals surface area contributed by atoms with Crippen LogP contribution in [0.3, 0.4) is 0 Å². The normalized spacial score (nSPS) is 10.5. The van der Waals surface area contributed by atoms with Gasteiger partial charge < -0.3 is 11.1 Å². The molecule has 3 aromatic heterocycles. The molecular formula is C21H14ClN7. The van der Waals surface area contributed by atoms with E-state index in [1.807, 2.05) is 36.4 Å².